The number of alkyl halides is 5. The number of pyridine rings is 1. The summed E-state index contributed by atoms with van der Waals surface area (Å²) >= 11 is 6.55. The molecule has 7 heterocycles. The number of hydrogen-bond acceptors (Lipinski definition) is 12. The third kappa shape index (κ3) is 8.05. The fourth-order valence-electron chi connectivity index (χ4n) is 10.1. The number of hydrogen-bond donors (Lipinski definition) is 3. The van der Waals surface area contributed by atoms with Crippen LogP contribution in [0.4, 0.5) is 50.8 Å². The number of nitrogens with one attached hydrogen (secondary N) is 3. The van der Waals surface area contributed by atoms with E-state index in [9.17, 15) is 27.6 Å². The van der Waals surface area contributed by atoms with Gasteiger partial charge in [-0.15, -0.1) is 0 Å². The summed E-state index contributed by atoms with van der Waals surface area (Å²) in [5, 5.41) is 14.6. The zero-order valence-corrected chi connectivity index (χ0v) is 36.4. The molecule has 3 atom stereocenters. The van der Waals surface area contributed by atoms with E-state index in [1.165, 1.54) is 27.6 Å². The number of nitrogens with zero attached hydrogens (tertiary/aromatic N) is 8. The van der Waals surface area contributed by atoms with Crippen LogP contribution in [0.1, 0.15) is 50.1 Å². The van der Waals surface area contributed by atoms with Gasteiger partial charge in [0.25, 0.3) is 5.56 Å². The van der Waals surface area contributed by atoms with Crippen LogP contribution in [0.3, 0.4) is 0 Å². The highest BCUT2D eigenvalue weighted by molar-refractivity contribution is 6.33. The number of benzene rings is 2. The van der Waals surface area contributed by atoms with E-state index in [1.807, 2.05) is 25.2 Å². The van der Waals surface area contributed by atoms with Crippen LogP contribution < -0.4 is 36.0 Å². The van der Waals surface area contributed by atoms with Crippen LogP contribution in [-0.2, 0) is 23.7 Å². The minimum Gasteiger partial charge on any atom is -0.480 e. The quantitative estimate of drug-likeness (QED) is 0.118. The summed E-state index contributed by atoms with van der Waals surface area (Å²) in [5.74, 6) is -4.64. The smallest absolute Gasteiger partial charge is 0.405 e. The van der Waals surface area contributed by atoms with E-state index in [0.717, 1.165) is 16.6 Å². The number of aryl methyl sites for hydroxylation is 2. The summed E-state index contributed by atoms with van der Waals surface area (Å²) in [5.41, 5.74) is 2.94. The molecule has 344 valence electrons. The van der Waals surface area contributed by atoms with Crippen molar-refractivity contribution < 1.29 is 36.3 Å². The second-order valence-electron chi connectivity index (χ2n) is 17.9. The van der Waals surface area contributed by atoms with Crippen LogP contribution in [0, 0.1) is 11.8 Å². The lowest BCUT2D eigenvalue weighted by Crippen LogP contribution is -2.60. The third-order valence-electron chi connectivity index (χ3n) is 13.6. The normalized spacial score (nSPS) is 23.2. The summed E-state index contributed by atoms with van der Waals surface area (Å²) < 4.78 is 83.6. The Kier molecular flexibility index (Phi) is 10.8. The van der Waals surface area contributed by atoms with Gasteiger partial charge in [-0.05, 0) is 68.2 Å². The number of carbonyl (C=O) groups is 2. The number of imide groups is 1. The number of carbonyl (C=O) groups excluding carboxylic acids is 2. The zero-order chi connectivity index (χ0) is 45.5. The fourth-order valence-corrected chi connectivity index (χ4v) is 10.2. The van der Waals surface area contributed by atoms with Crippen molar-refractivity contribution in [1.29, 1.82) is 0 Å². The van der Waals surface area contributed by atoms with Gasteiger partial charge in [-0.2, -0.15) is 23.3 Å². The van der Waals surface area contributed by atoms with Crippen LogP contribution in [-0.4, -0.2) is 111 Å². The van der Waals surface area contributed by atoms with Gasteiger partial charge in [0.2, 0.25) is 23.5 Å². The molecule has 3 unspecified atom stereocenters. The summed E-state index contributed by atoms with van der Waals surface area (Å²) in [6, 6.07) is 7.84. The molecule has 0 radical (unpaired) electrons. The Morgan fingerprint density at radius 2 is 1.75 bits per heavy atom. The van der Waals surface area contributed by atoms with Crippen molar-refractivity contribution in [1.82, 2.24) is 34.5 Å². The highest BCUT2D eigenvalue weighted by Gasteiger charge is 2.51. The molecule has 4 aliphatic heterocycles. The number of aromatic nitrogens is 5. The standard InChI is InChI=1S/C44H47ClF5N11O4/c1-57-30-10-8-25(18-28(30)35-37(41(57)64)65-22-43(46,47)38(54-35)24-6-7-24)52-39-29(45)19-51-42(55-39)61-17-16-60(32(21-61)44(48,49)50)20-23-12-14-59(15-13-23)31-5-3-4-26-34(56-58(2)36(26)31)27-9-11-33(62)53-40(27)63/h3-5,8,10,18-19,23-24,27,32,38,54H,6-7,9,11-17,20-22H2,1-2H3,(H,51,52,55)(H,53,62,63). The molecule has 5 aromatic rings. The van der Waals surface area contributed by atoms with Crippen LogP contribution in [0.15, 0.2) is 47.4 Å². The Morgan fingerprint density at radius 1 is 0.969 bits per heavy atom. The van der Waals surface area contributed by atoms with Gasteiger partial charge in [-0.3, -0.25) is 29.3 Å². The van der Waals surface area contributed by atoms with Gasteiger partial charge in [0.05, 0.1) is 46.3 Å². The van der Waals surface area contributed by atoms with Gasteiger partial charge in [-0.25, -0.2) is 13.8 Å². The Hall–Kier alpha value is -5.76. The summed E-state index contributed by atoms with van der Waals surface area (Å²) in [7, 11) is 3.36. The van der Waals surface area contributed by atoms with Crippen molar-refractivity contribution >= 4 is 74.0 Å². The van der Waals surface area contributed by atoms with Gasteiger partial charge in [0.1, 0.15) is 11.1 Å². The van der Waals surface area contributed by atoms with E-state index in [4.69, 9.17) is 21.4 Å². The van der Waals surface area contributed by atoms with Crippen molar-refractivity contribution in [2.45, 2.75) is 68.6 Å². The molecule has 3 N–H and O–H groups in total. The Labute approximate surface area is 374 Å². The maximum atomic E-state index is 15.2. The molecule has 1 saturated carbocycles. The molecule has 4 fully saturated rings. The van der Waals surface area contributed by atoms with Crippen LogP contribution in [0.25, 0.3) is 21.8 Å². The first-order valence-corrected chi connectivity index (χ1v) is 22.2. The lowest BCUT2D eigenvalue weighted by Gasteiger charge is -2.44. The van der Waals surface area contributed by atoms with E-state index in [-0.39, 0.29) is 77.9 Å². The average Bonchev–Trinajstić information content (AvgIpc) is 4.08. The molecule has 1 aliphatic carbocycles. The predicted octanol–water partition coefficient (Wildman–Crippen LogP) is 6.32. The fraction of sp³-hybridized carbons (Fsp3) is 0.500. The molecule has 3 aromatic heterocycles. The SMILES string of the molecule is Cn1nc(C2CCC(=O)NC2=O)c2cccc(N3CCC(CN4CCN(c5ncc(Cl)c(Nc6ccc7c(c6)c6c(c(=O)n7C)OCC(F)(F)C(C7CC7)N6)n5)CC4C(F)(F)F)CC3)c21. The number of para-hydroxylation sites is 1. The first-order chi connectivity index (χ1) is 31.0. The zero-order valence-electron chi connectivity index (χ0n) is 35.6. The third-order valence-corrected chi connectivity index (χ3v) is 13.9. The number of piperidine rings is 2. The maximum absolute atomic E-state index is 15.2. The van der Waals surface area contributed by atoms with E-state index in [0.29, 0.717) is 67.5 Å². The average molecular weight is 924 g/mol. The number of amides is 2. The molecule has 2 aromatic carbocycles. The molecular formula is C44H47ClF5N11O4. The van der Waals surface area contributed by atoms with E-state index < -0.39 is 48.8 Å². The Morgan fingerprint density at radius 3 is 2.49 bits per heavy atom. The number of piperazine rings is 1. The number of ether oxygens (including phenoxy) is 1. The van der Waals surface area contributed by atoms with Gasteiger partial charge in [0, 0.05) is 76.2 Å². The molecule has 65 heavy (non-hydrogen) atoms. The van der Waals surface area contributed by atoms with Gasteiger partial charge in [0.15, 0.2) is 12.4 Å². The molecule has 0 spiro atoms. The lowest BCUT2D eigenvalue weighted by atomic mass is 9.92. The summed E-state index contributed by atoms with van der Waals surface area (Å²) in [6.07, 6.45) is 0.0448. The summed E-state index contributed by atoms with van der Waals surface area (Å²) in [4.78, 5) is 51.9. The van der Waals surface area contributed by atoms with Crippen molar-refractivity contribution in [3.8, 4) is 5.75 Å². The molecule has 15 nitrogen and oxygen atoms in total. The van der Waals surface area contributed by atoms with Crippen molar-refractivity contribution in [3.05, 3.63) is 63.7 Å². The van der Waals surface area contributed by atoms with Gasteiger partial charge < -0.3 is 29.7 Å². The van der Waals surface area contributed by atoms with Crippen molar-refractivity contribution in [2.24, 2.45) is 25.9 Å². The molecule has 5 aliphatic rings. The minimum absolute atomic E-state index is 0.0206. The van der Waals surface area contributed by atoms with Gasteiger partial charge in [-0.1, -0.05) is 23.7 Å². The lowest BCUT2D eigenvalue weighted by molar-refractivity contribution is -0.186. The Balaban J connectivity index is 0.826. The molecule has 3 saturated heterocycles. The van der Waals surface area contributed by atoms with Gasteiger partial charge >= 0.3 is 12.1 Å². The molecular weight excluding hydrogens is 877 g/mol. The monoisotopic (exact) mass is 923 g/mol. The summed E-state index contributed by atoms with van der Waals surface area (Å²) in [6.45, 7) is 0.570. The highest BCUT2D eigenvalue weighted by Crippen LogP contribution is 2.46. The second kappa shape index (κ2) is 16.3. The Bertz CT molecular complexity index is 2770. The number of fused-ring (bicyclic) bond motifs is 4. The second-order valence-corrected chi connectivity index (χ2v) is 18.3. The maximum Gasteiger partial charge on any atom is 0.405 e. The first-order valence-electron chi connectivity index (χ1n) is 21.9. The largest absolute Gasteiger partial charge is 0.480 e. The molecule has 0 bridgehead atoms. The first kappa shape index (κ1) is 43.1. The van der Waals surface area contributed by atoms with E-state index in [2.05, 4.69) is 30.8 Å². The predicted molar refractivity (Wildman–Crippen MR) is 234 cm³/mol. The minimum atomic E-state index is -4.54. The van der Waals surface area contributed by atoms with E-state index in [1.54, 1.807) is 22.9 Å². The van der Waals surface area contributed by atoms with Crippen molar-refractivity contribution in [3.63, 3.8) is 0 Å². The van der Waals surface area contributed by atoms with Crippen LogP contribution in [0.2, 0.25) is 5.02 Å². The number of halogens is 6. The molecule has 2 amide bonds. The number of anilines is 5. The van der Waals surface area contributed by atoms with E-state index >= 15 is 8.78 Å². The van der Waals surface area contributed by atoms with Crippen molar-refractivity contribution in [2.75, 3.05) is 66.3 Å². The highest BCUT2D eigenvalue weighted by atomic mass is 35.5. The molecule has 21 heteroatoms. The van der Waals surface area contributed by atoms with Crippen LogP contribution >= 0.6 is 11.6 Å². The topological polar surface area (TPSA) is 155 Å². The number of rotatable bonds is 8. The molecule has 10 rings (SSSR count). The van der Waals surface area contributed by atoms with Crippen LogP contribution in [0.5, 0.6) is 5.75 Å².